The number of Topliss-reactive ketones (excluding diaryl/α,β-unsaturated/α-hetero) is 1. The molecular formula is C50H74AlClN4O13S. The number of methoxy groups -OCH3 is 2. The molecule has 17 nitrogen and oxygen atoms in total. The summed E-state index contributed by atoms with van der Waals surface area (Å²) in [5.74, 6) is -1.68. The van der Waals surface area contributed by atoms with Crippen molar-refractivity contribution in [1.29, 1.82) is 0 Å². The van der Waals surface area contributed by atoms with Crippen molar-refractivity contribution in [3.05, 3.63) is 46.5 Å². The number of hydrogen-bond acceptors (Lipinski definition) is 14. The van der Waals surface area contributed by atoms with Crippen LogP contribution in [0.4, 0.5) is 10.5 Å². The van der Waals surface area contributed by atoms with Crippen LogP contribution < -0.4 is 20.3 Å². The highest BCUT2D eigenvalue weighted by molar-refractivity contribution is 8.01. The number of ketones is 1. The highest BCUT2D eigenvalue weighted by Crippen LogP contribution is 2.49. The van der Waals surface area contributed by atoms with Crippen LogP contribution in [0.5, 0.6) is 5.75 Å². The summed E-state index contributed by atoms with van der Waals surface area (Å²) in [5.41, 5.74) is -1.08. The molecule has 388 valence electrons. The van der Waals surface area contributed by atoms with E-state index in [1.807, 2.05) is 40.7 Å². The van der Waals surface area contributed by atoms with Crippen LogP contribution in [0, 0.1) is 5.92 Å². The van der Waals surface area contributed by atoms with Crippen molar-refractivity contribution < 1.29 is 62.3 Å². The second-order valence-electron chi connectivity index (χ2n) is 19.5. The van der Waals surface area contributed by atoms with E-state index in [0.717, 1.165) is 24.0 Å². The molecule has 2 radical (unpaired) electrons. The molecule has 3 aliphatic heterocycles. The number of thioether (sulfide) groups is 1. The number of esters is 1. The van der Waals surface area contributed by atoms with Gasteiger partial charge in [0.05, 0.1) is 44.3 Å². The van der Waals surface area contributed by atoms with E-state index in [0.29, 0.717) is 37.2 Å². The minimum absolute atomic E-state index is 0.0721. The fourth-order valence-electron chi connectivity index (χ4n) is 8.61. The lowest BCUT2D eigenvalue weighted by Crippen LogP contribution is -2.63. The van der Waals surface area contributed by atoms with E-state index in [1.54, 1.807) is 45.2 Å². The molecule has 0 aromatic heterocycles. The zero-order valence-electron chi connectivity index (χ0n) is 42.9. The summed E-state index contributed by atoms with van der Waals surface area (Å²) in [5, 5.41) is 17.4. The lowest BCUT2D eigenvalue weighted by atomic mass is 9.83. The van der Waals surface area contributed by atoms with Crippen LogP contribution in [-0.4, -0.2) is 162 Å². The predicted molar refractivity (Wildman–Crippen MR) is 269 cm³/mol. The number of halogens is 1. The van der Waals surface area contributed by atoms with Crippen LogP contribution in [0.15, 0.2) is 35.9 Å². The van der Waals surface area contributed by atoms with Gasteiger partial charge in [-0.2, -0.15) is 0 Å². The van der Waals surface area contributed by atoms with E-state index in [9.17, 15) is 33.9 Å². The number of likely N-dealkylation sites (N-methyl/N-ethyl adjacent to an activating group) is 1. The highest BCUT2D eigenvalue weighted by atomic mass is 35.5. The molecule has 0 unspecified atom stereocenters. The average molecular weight is 1030 g/mol. The number of epoxide rings is 1. The number of allylic oxidation sites excluding steroid dienone is 3. The van der Waals surface area contributed by atoms with Crippen LogP contribution in [0.25, 0.3) is 0 Å². The smallest absolute Gasteiger partial charge is 0.409 e. The molecule has 1 aromatic rings. The van der Waals surface area contributed by atoms with Gasteiger partial charge in [0.1, 0.15) is 62.8 Å². The van der Waals surface area contributed by atoms with Gasteiger partial charge < -0.3 is 53.4 Å². The maximum Gasteiger partial charge on any atom is 0.409 e. The van der Waals surface area contributed by atoms with Crippen molar-refractivity contribution in [3.63, 3.8) is 0 Å². The van der Waals surface area contributed by atoms with Gasteiger partial charge in [-0.25, -0.2) is 9.59 Å². The SMILES string of the molecule is CC[C]([Al])(CC)C(=O)CCOCCNC(=O)CSC(C)(C)CCC(=O)N(C)[C@@H](C)C(=O)O[C@H]1CC(=O)N(C)c2cc(cc(OC)c2Cl)C/C(C)=C/C=C/[C@@H](OC)[C@@]2(O)C[C@H](OC(=O)N2)[C@@H](C)[C@@H]2O[C@@]12C. The van der Waals surface area contributed by atoms with E-state index >= 15 is 0 Å². The number of fused-ring (bicyclic) bond motifs is 5. The monoisotopic (exact) mass is 1030 g/mol. The van der Waals surface area contributed by atoms with E-state index in [4.69, 9.17) is 40.0 Å². The van der Waals surface area contributed by atoms with Crippen LogP contribution in [0.2, 0.25) is 9.30 Å². The Morgan fingerprint density at radius 2 is 1.83 bits per heavy atom. The number of benzene rings is 1. The molecule has 3 N–H and O–H groups in total. The van der Waals surface area contributed by atoms with Crippen LogP contribution in [0.1, 0.15) is 106 Å². The number of hydrogen-bond donors (Lipinski definition) is 3. The van der Waals surface area contributed by atoms with Gasteiger partial charge in [0.25, 0.3) is 0 Å². The molecule has 20 heteroatoms. The summed E-state index contributed by atoms with van der Waals surface area (Å²) in [6.45, 7) is 15.7. The summed E-state index contributed by atoms with van der Waals surface area (Å²) in [6, 6.07) is 2.49. The third-order valence-electron chi connectivity index (χ3n) is 13.9. The molecule has 3 aliphatic rings. The third-order valence-corrected chi connectivity index (χ3v) is 16.8. The molecule has 1 aromatic carbocycles. The molecule has 70 heavy (non-hydrogen) atoms. The Morgan fingerprint density at radius 3 is 2.47 bits per heavy atom. The lowest BCUT2D eigenvalue weighted by molar-refractivity contribution is -0.162. The molecule has 2 fully saturated rings. The number of nitrogens with zero attached hydrogens (tertiary/aromatic N) is 2. The van der Waals surface area contributed by atoms with Gasteiger partial charge in [-0.05, 0) is 55.6 Å². The second kappa shape index (κ2) is 25.3. The normalized spacial score (nSPS) is 26.9. The Labute approximate surface area is 431 Å². The molecular weight excluding hydrogens is 959 g/mol. The molecule has 4 bridgehead atoms. The predicted octanol–water partition coefficient (Wildman–Crippen LogP) is 6.05. The minimum Gasteiger partial charge on any atom is -0.495 e. The molecule has 2 saturated heterocycles. The highest BCUT2D eigenvalue weighted by Gasteiger charge is 2.64. The largest absolute Gasteiger partial charge is 0.495 e. The van der Waals surface area contributed by atoms with Gasteiger partial charge >= 0.3 is 12.1 Å². The van der Waals surface area contributed by atoms with E-state index < -0.39 is 74.7 Å². The standard InChI is InChI=1S/C50H74ClN4O13S.Al/c1-13-34(14-2)36(56)19-22-65-23-21-52-41(57)29-69-48(6,7)20-18-42(58)54(9)32(5)46(60)67-40-27-43(59)55(10)35-25-33(26-37(63-11)44(35)51)24-30(3)16-15-17-39(64-12)50(62)28-38(66-47(61)53-50)31(4)45-49(40,8)68-45;/h15-17,25-26,31-32,38-40,45,62H,13-14,18-24,27-29H2,1-12H3,(H,52,57)(H,53,61);/b17-15+,30-16+;/t31-,32+,38+,39-,40+,45+,49+,50+;/m1./s1. The van der Waals surface area contributed by atoms with E-state index in [2.05, 4.69) is 26.9 Å². The zero-order chi connectivity index (χ0) is 52.4. The third kappa shape index (κ3) is 15.2. The maximum absolute atomic E-state index is 14.3. The van der Waals surface area contributed by atoms with Gasteiger partial charge in [0.2, 0.25) is 17.7 Å². The average Bonchev–Trinajstić information content (AvgIpc) is 4.02. The Kier molecular flexibility index (Phi) is 21.3. The van der Waals surface area contributed by atoms with Crippen LogP contribution in [-0.2, 0) is 54.1 Å². The number of ether oxygens (including phenoxy) is 6. The first-order valence-corrected chi connectivity index (χ1v) is 25.9. The van der Waals surface area contributed by atoms with Gasteiger partial charge in [-0.15, -0.1) is 11.8 Å². The number of carbonyl (C=O) groups is 6. The first-order valence-electron chi connectivity index (χ1n) is 23.9. The van der Waals surface area contributed by atoms with Gasteiger partial charge in [0.15, 0.2) is 5.72 Å². The number of aliphatic hydroxyl groups is 1. The Bertz CT molecular complexity index is 2120. The Hall–Kier alpha value is -3.67. The van der Waals surface area contributed by atoms with Crippen LogP contribution in [0.3, 0.4) is 0 Å². The Morgan fingerprint density at radius 1 is 1.14 bits per heavy atom. The minimum atomic E-state index is -1.86. The number of anilines is 1. The van der Waals surface area contributed by atoms with Crippen molar-refractivity contribution in [1.82, 2.24) is 15.5 Å². The molecule has 3 heterocycles. The molecule has 0 saturated carbocycles. The summed E-state index contributed by atoms with van der Waals surface area (Å²) in [4.78, 5) is 82.9. The van der Waals surface area contributed by atoms with Crippen molar-refractivity contribution in [2.24, 2.45) is 5.92 Å². The maximum atomic E-state index is 14.3. The summed E-state index contributed by atoms with van der Waals surface area (Å²) in [7, 11) is 5.97. The van der Waals surface area contributed by atoms with Crippen LogP contribution >= 0.6 is 23.4 Å². The molecule has 4 amide bonds. The van der Waals surface area contributed by atoms with Crippen molar-refractivity contribution in [2.75, 3.05) is 58.7 Å². The molecule has 0 aliphatic carbocycles. The van der Waals surface area contributed by atoms with Gasteiger partial charge in [-0.1, -0.05) is 82.9 Å². The van der Waals surface area contributed by atoms with E-state index in [-0.39, 0.29) is 60.8 Å². The first-order chi connectivity index (χ1) is 32.8. The molecule has 8 atom stereocenters. The summed E-state index contributed by atoms with van der Waals surface area (Å²) in [6.07, 6.45) is 2.87. The number of nitrogens with one attached hydrogen (secondary N) is 2. The lowest BCUT2D eigenvalue weighted by Gasteiger charge is -2.42. The zero-order valence-corrected chi connectivity index (χ0v) is 45.7. The number of rotatable bonds is 20. The quantitative estimate of drug-likeness (QED) is 0.0588. The summed E-state index contributed by atoms with van der Waals surface area (Å²) >= 11 is 10.9. The number of amides is 4. The number of alkyl carbamates (subject to hydrolysis) is 1. The molecule has 4 rings (SSSR count). The fourth-order valence-corrected chi connectivity index (χ4v) is 9.94. The fraction of sp³-hybridized carbons (Fsp3) is 0.680. The van der Waals surface area contributed by atoms with E-state index in [1.165, 1.54) is 49.8 Å². The van der Waals surface area contributed by atoms with Crippen molar-refractivity contribution >= 4 is 80.9 Å². The van der Waals surface area contributed by atoms with Gasteiger partial charge in [0, 0.05) is 57.7 Å². The topological polar surface area (TPSA) is 212 Å². The molecule has 0 spiro atoms. The Balaban J connectivity index is 1.45. The second-order valence-corrected chi connectivity index (χ2v) is 22.6. The summed E-state index contributed by atoms with van der Waals surface area (Å²) < 4.78 is 34.2. The number of carbonyl (C=O) groups excluding carboxylic acids is 6. The van der Waals surface area contributed by atoms with Gasteiger partial charge in [-0.3, -0.25) is 19.7 Å². The van der Waals surface area contributed by atoms with Crippen molar-refractivity contribution in [3.8, 4) is 5.75 Å². The first kappa shape index (κ1) is 58.9. The van der Waals surface area contributed by atoms with Crippen molar-refractivity contribution in [2.45, 2.75) is 158 Å².